The van der Waals surface area contributed by atoms with E-state index in [2.05, 4.69) is 81.5 Å². The van der Waals surface area contributed by atoms with Crippen LogP contribution in [0.4, 0.5) is 0 Å². The summed E-state index contributed by atoms with van der Waals surface area (Å²) in [6, 6.07) is 0. The highest BCUT2D eigenvalue weighted by Crippen LogP contribution is 2.17. The van der Waals surface area contributed by atoms with Crippen molar-refractivity contribution in [1.29, 1.82) is 0 Å². The molecule has 0 aromatic heterocycles. The fourth-order valence-corrected chi connectivity index (χ4v) is 9.61. The van der Waals surface area contributed by atoms with Crippen molar-refractivity contribution in [1.82, 2.24) is 0 Å². The number of carbonyl (C=O) groups excluding carboxylic acids is 3. The standard InChI is InChI=1S/C69H124O6/c1-4-7-10-13-16-19-22-25-28-29-30-31-32-33-34-35-36-37-38-39-42-44-47-50-53-56-59-62-68(71)74-65-66(75-69(72)63-60-57-54-51-48-45-41-27-24-21-18-15-12-9-6-3)64-73-67(70)61-58-55-52-49-46-43-40-26-23-20-17-14-11-8-5-2/h7,10,16,19,25,27-28,30-31,41,66H,4-6,8-9,11-15,17-18,20-24,26,29,32-40,42-65H2,1-3H3/b10-7-,19-16-,28-25-,31-30-,41-27-. The lowest BCUT2D eigenvalue weighted by molar-refractivity contribution is -0.167. The van der Waals surface area contributed by atoms with Gasteiger partial charge in [-0.1, -0.05) is 300 Å². The Labute approximate surface area is 466 Å². The summed E-state index contributed by atoms with van der Waals surface area (Å²) >= 11 is 0. The Morgan fingerprint density at radius 2 is 0.520 bits per heavy atom. The highest BCUT2D eigenvalue weighted by atomic mass is 16.6. The maximum absolute atomic E-state index is 12.9. The predicted molar refractivity (Wildman–Crippen MR) is 325 cm³/mol. The first-order valence-corrected chi connectivity index (χ1v) is 32.8. The van der Waals surface area contributed by atoms with Crippen LogP contribution in [-0.2, 0) is 28.6 Å². The first-order chi connectivity index (χ1) is 37.0. The molecule has 0 saturated carbocycles. The molecule has 1 unspecified atom stereocenters. The summed E-state index contributed by atoms with van der Waals surface area (Å²) in [4.78, 5) is 38.3. The van der Waals surface area contributed by atoms with Gasteiger partial charge in [-0.25, -0.2) is 0 Å². The van der Waals surface area contributed by atoms with Crippen LogP contribution in [0.3, 0.4) is 0 Å². The van der Waals surface area contributed by atoms with Gasteiger partial charge < -0.3 is 14.2 Å². The molecule has 0 aromatic rings. The Morgan fingerprint density at radius 3 is 0.827 bits per heavy atom. The molecular weight excluding hydrogens is 925 g/mol. The summed E-state index contributed by atoms with van der Waals surface area (Å²) in [5.41, 5.74) is 0. The lowest BCUT2D eigenvalue weighted by Crippen LogP contribution is -2.30. The van der Waals surface area contributed by atoms with E-state index in [1.807, 2.05) is 0 Å². The Morgan fingerprint density at radius 1 is 0.280 bits per heavy atom. The van der Waals surface area contributed by atoms with Crippen molar-refractivity contribution in [3.05, 3.63) is 60.8 Å². The van der Waals surface area contributed by atoms with Crippen molar-refractivity contribution in [3.63, 3.8) is 0 Å². The molecule has 6 heteroatoms. The maximum Gasteiger partial charge on any atom is 0.306 e. The van der Waals surface area contributed by atoms with Crippen LogP contribution in [0.25, 0.3) is 0 Å². The lowest BCUT2D eigenvalue weighted by Gasteiger charge is -2.18. The van der Waals surface area contributed by atoms with E-state index in [4.69, 9.17) is 14.2 Å². The first kappa shape index (κ1) is 72.1. The molecule has 0 radical (unpaired) electrons. The van der Waals surface area contributed by atoms with Gasteiger partial charge in [-0.2, -0.15) is 0 Å². The minimum Gasteiger partial charge on any atom is -0.462 e. The normalized spacial score (nSPS) is 12.4. The van der Waals surface area contributed by atoms with E-state index in [-0.39, 0.29) is 31.1 Å². The second-order valence-electron chi connectivity index (χ2n) is 22.0. The van der Waals surface area contributed by atoms with Crippen LogP contribution in [-0.4, -0.2) is 37.2 Å². The Balaban J connectivity index is 4.24. The van der Waals surface area contributed by atoms with E-state index >= 15 is 0 Å². The summed E-state index contributed by atoms with van der Waals surface area (Å²) in [6.45, 7) is 6.57. The molecular formula is C69H124O6. The van der Waals surface area contributed by atoms with Crippen molar-refractivity contribution in [3.8, 4) is 0 Å². The third-order valence-corrected chi connectivity index (χ3v) is 14.5. The van der Waals surface area contributed by atoms with Crippen LogP contribution in [0.2, 0.25) is 0 Å². The molecule has 436 valence electrons. The molecule has 0 saturated heterocycles. The molecule has 0 aromatic carbocycles. The summed E-state index contributed by atoms with van der Waals surface area (Å²) in [7, 11) is 0. The smallest absolute Gasteiger partial charge is 0.306 e. The number of esters is 3. The largest absolute Gasteiger partial charge is 0.462 e. The average Bonchev–Trinajstić information content (AvgIpc) is 3.41. The molecule has 0 fully saturated rings. The van der Waals surface area contributed by atoms with E-state index < -0.39 is 6.10 Å². The number of allylic oxidation sites excluding steroid dienone is 10. The van der Waals surface area contributed by atoms with Gasteiger partial charge >= 0.3 is 17.9 Å². The fourth-order valence-electron chi connectivity index (χ4n) is 9.61. The molecule has 1 atom stereocenters. The zero-order valence-corrected chi connectivity index (χ0v) is 50.1. The molecule has 0 aliphatic heterocycles. The first-order valence-electron chi connectivity index (χ1n) is 32.8. The van der Waals surface area contributed by atoms with Crippen molar-refractivity contribution in [2.24, 2.45) is 0 Å². The molecule has 0 aliphatic rings. The van der Waals surface area contributed by atoms with E-state index in [0.717, 1.165) is 89.9 Å². The molecule has 0 bridgehead atoms. The van der Waals surface area contributed by atoms with Crippen LogP contribution in [0.15, 0.2) is 60.8 Å². The van der Waals surface area contributed by atoms with Crippen LogP contribution in [0.1, 0.15) is 342 Å². The maximum atomic E-state index is 12.9. The van der Waals surface area contributed by atoms with E-state index in [1.54, 1.807) is 0 Å². The molecule has 0 amide bonds. The number of carbonyl (C=O) groups is 3. The monoisotopic (exact) mass is 1050 g/mol. The molecule has 0 rings (SSSR count). The van der Waals surface area contributed by atoms with E-state index in [1.165, 1.54) is 212 Å². The number of hydrogen-bond acceptors (Lipinski definition) is 6. The summed E-state index contributed by atoms with van der Waals surface area (Å²) in [5, 5.41) is 0. The minimum absolute atomic E-state index is 0.0727. The van der Waals surface area contributed by atoms with E-state index in [0.29, 0.717) is 19.3 Å². The molecule has 75 heavy (non-hydrogen) atoms. The number of hydrogen-bond donors (Lipinski definition) is 0. The Hall–Kier alpha value is -2.89. The van der Waals surface area contributed by atoms with Crippen LogP contribution < -0.4 is 0 Å². The minimum atomic E-state index is -0.776. The van der Waals surface area contributed by atoms with Crippen molar-refractivity contribution >= 4 is 17.9 Å². The molecule has 0 aliphatic carbocycles. The van der Waals surface area contributed by atoms with E-state index in [9.17, 15) is 14.4 Å². The fraction of sp³-hybridized carbons (Fsp3) is 0.812. The number of ether oxygens (including phenoxy) is 3. The summed E-state index contributed by atoms with van der Waals surface area (Å²) in [5.74, 6) is -0.861. The molecule has 6 nitrogen and oxygen atoms in total. The van der Waals surface area contributed by atoms with Gasteiger partial charge in [0.05, 0.1) is 0 Å². The van der Waals surface area contributed by atoms with Gasteiger partial charge in [0.15, 0.2) is 6.10 Å². The van der Waals surface area contributed by atoms with Gasteiger partial charge in [-0.05, 0) is 83.5 Å². The van der Waals surface area contributed by atoms with Crippen LogP contribution >= 0.6 is 0 Å². The molecule has 0 heterocycles. The number of rotatable bonds is 60. The van der Waals surface area contributed by atoms with Crippen molar-refractivity contribution in [2.75, 3.05) is 13.2 Å². The van der Waals surface area contributed by atoms with Crippen LogP contribution in [0, 0.1) is 0 Å². The van der Waals surface area contributed by atoms with Crippen molar-refractivity contribution in [2.45, 2.75) is 348 Å². The molecule has 0 N–H and O–H groups in total. The second-order valence-corrected chi connectivity index (χ2v) is 22.0. The van der Waals surface area contributed by atoms with Gasteiger partial charge in [-0.3, -0.25) is 14.4 Å². The Bertz CT molecular complexity index is 1340. The Kier molecular flexibility index (Phi) is 61.2. The SMILES string of the molecule is CC/C=C\C/C=C\C/C=C\C/C=C\CCCCCCCCCCCCCCCCC(=O)OCC(COC(=O)CCCCCCCCCCCCCCCCC)OC(=O)CCCCCCC/C=C\CCCCCCCC. The summed E-state index contributed by atoms with van der Waals surface area (Å²) in [6.07, 6.45) is 80.9. The van der Waals surface area contributed by atoms with Crippen molar-refractivity contribution < 1.29 is 28.6 Å². The van der Waals surface area contributed by atoms with Crippen LogP contribution in [0.5, 0.6) is 0 Å². The van der Waals surface area contributed by atoms with Gasteiger partial charge in [0.25, 0.3) is 0 Å². The van der Waals surface area contributed by atoms with Gasteiger partial charge in [0.2, 0.25) is 0 Å². The zero-order valence-electron chi connectivity index (χ0n) is 50.1. The average molecular weight is 1050 g/mol. The predicted octanol–water partition coefficient (Wildman–Crippen LogP) is 22.3. The highest BCUT2D eigenvalue weighted by Gasteiger charge is 2.19. The second kappa shape index (κ2) is 63.6. The quantitative estimate of drug-likeness (QED) is 0.0261. The number of unbranched alkanes of at least 4 members (excludes halogenated alkanes) is 39. The zero-order chi connectivity index (χ0) is 54.3. The molecule has 0 spiro atoms. The van der Waals surface area contributed by atoms with Gasteiger partial charge in [-0.15, -0.1) is 0 Å². The lowest BCUT2D eigenvalue weighted by atomic mass is 10.0. The summed E-state index contributed by atoms with van der Waals surface area (Å²) < 4.78 is 16.9. The third-order valence-electron chi connectivity index (χ3n) is 14.5. The highest BCUT2D eigenvalue weighted by molar-refractivity contribution is 5.71. The topological polar surface area (TPSA) is 78.9 Å². The van der Waals surface area contributed by atoms with Gasteiger partial charge in [0.1, 0.15) is 13.2 Å². The van der Waals surface area contributed by atoms with Gasteiger partial charge in [0, 0.05) is 19.3 Å². The third kappa shape index (κ3) is 61.8.